The summed E-state index contributed by atoms with van der Waals surface area (Å²) in [5.74, 6) is 0. The minimum Gasteiger partial charge on any atom is -0.422 e. The Bertz CT molecular complexity index is 932. The van der Waals surface area contributed by atoms with Crippen LogP contribution in [-0.2, 0) is 6.42 Å². The minimum absolute atomic E-state index is 0.370. The van der Waals surface area contributed by atoms with Crippen LogP contribution in [0.3, 0.4) is 0 Å². The first-order chi connectivity index (χ1) is 10.5. The quantitative estimate of drug-likeness (QED) is 0.489. The van der Waals surface area contributed by atoms with Crippen molar-refractivity contribution in [2.24, 2.45) is 0 Å². The van der Waals surface area contributed by atoms with E-state index in [0.29, 0.717) is 33.2 Å². The minimum atomic E-state index is -0.370. The SMILES string of the molecule is CCc1c(-c2ccc(Cl)c(Cl)c2)c(=O)oc2ccc(Br)cc12. The fraction of sp³-hybridized carbons (Fsp3) is 0.118. The molecule has 1 aromatic heterocycles. The average molecular weight is 398 g/mol. The van der Waals surface area contributed by atoms with Gasteiger partial charge in [-0.25, -0.2) is 4.79 Å². The van der Waals surface area contributed by atoms with Crippen LogP contribution < -0.4 is 5.63 Å². The van der Waals surface area contributed by atoms with Gasteiger partial charge < -0.3 is 4.42 Å². The summed E-state index contributed by atoms with van der Waals surface area (Å²) in [6.07, 6.45) is 0.703. The van der Waals surface area contributed by atoms with Gasteiger partial charge in [0.1, 0.15) is 5.58 Å². The van der Waals surface area contributed by atoms with Gasteiger partial charge in [0.15, 0.2) is 0 Å². The second-order valence-corrected chi connectivity index (χ2v) is 6.60. The lowest BCUT2D eigenvalue weighted by molar-refractivity contribution is 0.561. The van der Waals surface area contributed by atoms with Gasteiger partial charge in [0.25, 0.3) is 0 Å². The third kappa shape index (κ3) is 2.69. The molecule has 0 fully saturated rings. The van der Waals surface area contributed by atoms with Crippen molar-refractivity contribution in [3.63, 3.8) is 0 Å². The molecule has 2 nitrogen and oxygen atoms in total. The molecule has 0 atom stereocenters. The van der Waals surface area contributed by atoms with E-state index in [4.69, 9.17) is 27.6 Å². The summed E-state index contributed by atoms with van der Waals surface area (Å²) in [6.45, 7) is 2.01. The molecule has 0 spiro atoms. The molecule has 0 bridgehead atoms. The van der Waals surface area contributed by atoms with Crippen LogP contribution in [-0.4, -0.2) is 0 Å². The summed E-state index contributed by atoms with van der Waals surface area (Å²) in [6, 6.07) is 10.8. The Kier molecular flexibility index (Phi) is 4.31. The van der Waals surface area contributed by atoms with Gasteiger partial charge in [0.2, 0.25) is 0 Å². The lowest BCUT2D eigenvalue weighted by atomic mass is 9.97. The number of halogens is 3. The maximum atomic E-state index is 12.4. The molecule has 22 heavy (non-hydrogen) atoms. The molecule has 0 saturated carbocycles. The van der Waals surface area contributed by atoms with Crippen LogP contribution in [0.15, 0.2) is 50.1 Å². The molecule has 0 aliphatic heterocycles. The van der Waals surface area contributed by atoms with E-state index in [1.165, 1.54) is 0 Å². The zero-order valence-corrected chi connectivity index (χ0v) is 14.7. The molecule has 0 unspecified atom stereocenters. The van der Waals surface area contributed by atoms with Crippen molar-refractivity contribution in [3.8, 4) is 11.1 Å². The van der Waals surface area contributed by atoms with E-state index in [9.17, 15) is 4.79 Å². The third-order valence-corrected chi connectivity index (χ3v) is 4.77. The van der Waals surface area contributed by atoms with E-state index < -0.39 is 0 Å². The topological polar surface area (TPSA) is 30.2 Å². The second-order valence-electron chi connectivity index (χ2n) is 4.87. The summed E-state index contributed by atoms with van der Waals surface area (Å²) in [5.41, 5.74) is 2.39. The molecule has 0 N–H and O–H groups in total. The highest BCUT2D eigenvalue weighted by Crippen LogP contribution is 2.32. The molecule has 112 valence electrons. The Labute approximate surface area is 145 Å². The molecular formula is C17H11BrCl2O2. The summed E-state index contributed by atoms with van der Waals surface area (Å²) in [5, 5.41) is 1.78. The van der Waals surface area contributed by atoms with Gasteiger partial charge in [-0.15, -0.1) is 0 Å². The van der Waals surface area contributed by atoms with Gasteiger partial charge >= 0.3 is 5.63 Å². The fourth-order valence-electron chi connectivity index (χ4n) is 2.55. The van der Waals surface area contributed by atoms with Gasteiger partial charge in [-0.05, 0) is 47.9 Å². The standard InChI is InChI=1S/C17H11BrCl2O2/c1-2-11-12-8-10(18)4-6-15(12)22-17(21)16(11)9-3-5-13(19)14(20)7-9/h3-8H,2H2,1H3. The molecule has 0 aliphatic carbocycles. The molecule has 2 aromatic carbocycles. The zero-order chi connectivity index (χ0) is 15.9. The zero-order valence-electron chi connectivity index (χ0n) is 11.6. The number of hydrogen-bond donors (Lipinski definition) is 0. The van der Waals surface area contributed by atoms with Crippen LogP contribution in [0.25, 0.3) is 22.1 Å². The molecule has 3 rings (SSSR count). The Hall–Kier alpha value is -1.29. The van der Waals surface area contributed by atoms with Crippen LogP contribution >= 0.6 is 39.1 Å². The molecule has 0 radical (unpaired) electrons. The highest BCUT2D eigenvalue weighted by atomic mass is 79.9. The van der Waals surface area contributed by atoms with Crippen molar-refractivity contribution < 1.29 is 4.42 Å². The maximum Gasteiger partial charge on any atom is 0.344 e. The van der Waals surface area contributed by atoms with E-state index in [-0.39, 0.29) is 5.63 Å². The number of rotatable bonds is 2. The first kappa shape index (κ1) is 15.6. The van der Waals surface area contributed by atoms with Gasteiger partial charge in [-0.3, -0.25) is 0 Å². The van der Waals surface area contributed by atoms with E-state index in [1.54, 1.807) is 24.3 Å². The molecule has 3 aromatic rings. The first-order valence-electron chi connectivity index (χ1n) is 6.72. The summed E-state index contributed by atoms with van der Waals surface area (Å²) < 4.78 is 6.40. The Morgan fingerprint density at radius 3 is 2.55 bits per heavy atom. The predicted molar refractivity (Wildman–Crippen MR) is 95.0 cm³/mol. The van der Waals surface area contributed by atoms with Crippen molar-refractivity contribution in [1.29, 1.82) is 0 Å². The number of hydrogen-bond acceptors (Lipinski definition) is 2. The number of fused-ring (bicyclic) bond motifs is 1. The molecule has 0 amide bonds. The molecule has 0 saturated heterocycles. The van der Waals surface area contributed by atoms with Gasteiger partial charge in [-0.1, -0.05) is 52.1 Å². The smallest absolute Gasteiger partial charge is 0.344 e. The van der Waals surface area contributed by atoms with E-state index in [1.807, 2.05) is 19.1 Å². The van der Waals surface area contributed by atoms with Crippen molar-refractivity contribution in [2.75, 3.05) is 0 Å². The van der Waals surface area contributed by atoms with Crippen LogP contribution in [0.5, 0.6) is 0 Å². The lowest BCUT2D eigenvalue weighted by Gasteiger charge is -2.11. The van der Waals surface area contributed by atoms with Crippen LogP contribution in [0.2, 0.25) is 10.0 Å². The Balaban J connectivity index is 2.39. The summed E-state index contributed by atoms with van der Waals surface area (Å²) in [4.78, 5) is 12.4. The molecule has 1 heterocycles. The van der Waals surface area contributed by atoms with E-state index in [0.717, 1.165) is 15.4 Å². The van der Waals surface area contributed by atoms with Crippen LogP contribution in [0.4, 0.5) is 0 Å². The molecule has 5 heteroatoms. The first-order valence-corrected chi connectivity index (χ1v) is 8.26. The third-order valence-electron chi connectivity index (χ3n) is 3.54. The summed E-state index contributed by atoms with van der Waals surface area (Å²) >= 11 is 15.5. The van der Waals surface area contributed by atoms with Gasteiger partial charge in [0.05, 0.1) is 15.6 Å². The Morgan fingerprint density at radius 2 is 1.86 bits per heavy atom. The maximum absolute atomic E-state index is 12.4. The Morgan fingerprint density at radius 1 is 1.09 bits per heavy atom. The number of aryl methyl sites for hydroxylation is 1. The number of benzene rings is 2. The van der Waals surface area contributed by atoms with Crippen LogP contribution in [0, 0.1) is 0 Å². The van der Waals surface area contributed by atoms with Crippen molar-refractivity contribution in [2.45, 2.75) is 13.3 Å². The van der Waals surface area contributed by atoms with Gasteiger partial charge in [-0.2, -0.15) is 0 Å². The monoisotopic (exact) mass is 396 g/mol. The largest absolute Gasteiger partial charge is 0.422 e. The molecule has 0 aliphatic rings. The average Bonchev–Trinajstić information content (AvgIpc) is 2.49. The predicted octanol–water partition coefficient (Wildman–Crippen LogP) is 6.09. The van der Waals surface area contributed by atoms with Crippen molar-refractivity contribution in [3.05, 3.63) is 66.9 Å². The second kappa shape index (κ2) is 6.07. The summed E-state index contributed by atoms with van der Waals surface area (Å²) in [7, 11) is 0. The van der Waals surface area contributed by atoms with E-state index in [2.05, 4.69) is 15.9 Å². The van der Waals surface area contributed by atoms with Crippen molar-refractivity contribution >= 4 is 50.1 Å². The van der Waals surface area contributed by atoms with Crippen LogP contribution in [0.1, 0.15) is 12.5 Å². The normalized spacial score (nSPS) is 11.1. The van der Waals surface area contributed by atoms with Gasteiger partial charge in [0, 0.05) is 9.86 Å². The molecular weight excluding hydrogens is 387 g/mol. The highest BCUT2D eigenvalue weighted by Gasteiger charge is 2.16. The van der Waals surface area contributed by atoms with E-state index >= 15 is 0 Å². The van der Waals surface area contributed by atoms with Crippen molar-refractivity contribution in [1.82, 2.24) is 0 Å². The highest BCUT2D eigenvalue weighted by molar-refractivity contribution is 9.10. The fourth-order valence-corrected chi connectivity index (χ4v) is 3.21. The lowest BCUT2D eigenvalue weighted by Crippen LogP contribution is -2.07.